The predicted octanol–water partition coefficient (Wildman–Crippen LogP) is 5.85. The van der Waals surface area contributed by atoms with Crippen molar-refractivity contribution in [3.8, 4) is 22.9 Å². The summed E-state index contributed by atoms with van der Waals surface area (Å²) in [4.78, 5) is 10.3. The van der Waals surface area contributed by atoms with Crippen LogP contribution < -0.4 is 0 Å². The van der Waals surface area contributed by atoms with E-state index >= 15 is 0 Å². The van der Waals surface area contributed by atoms with Crippen molar-refractivity contribution in [3.05, 3.63) is 70.1 Å². The van der Waals surface area contributed by atoms with Gasteiger partial charge in [-0.05, 0) is 42.2 Å². The summed E-state index contributed by atoms with van der Waals surface area (Å²) in [5.74, 6) is 1.11. The first kappa shape index (κ1) is 21.7. The molecule has 0 spiro atoms. The first-order valence-electron chi connectivity index (χ1n) is 9.90. The molecule has 0 amide bonds. The molecule has 4 aromatic rings. The Morgan fingerprint density at radius 3 is 2.03 bits per heavy atom. The van der Waals surface area contributed by atoms with Gasteiger partial charge in [-0.2, -0.15) is 0 Å². The van der Waals surface area contributed by atoms with Gasteiger partial charge in [0, 0.05) is 23.3 Å². The van der Waals surface area contributed by atoms with Crippen LogP contribution in [0.3, 0.4) is 0 Å². The monoisotopic (exact) mass is 451 g/mol. The maximum Gasteiger partial charge on any atom is 0.277 e. The van der Waals surface area contributed by atoms with Gasteiger partial charge >= 0.3 is 0 Å². The summed E-state index contributed by atoms with van der Waals surface area (Å²) in [6.45, 7) is 8.38. The maximum absolute atomic E-state index is 10.8. The molecule has 0 saturated heterocycles. The van der Waals surface area contributed by atoms with Crippen molar-refractivity contribution >= 4 is 17.4 Å². The first-order valence-corrected chi connectivity index (χ1v) is 10.8. The number of aromatic nitrogens is 4. The number of hydrogen-bond donors (Lipinski definition) is 0. The standard InChI is InChI=1S/C22H21N5O4S/c1-13(18-23-24-19(30-18)15-7-11-17(12-8-15)27(28)29)32-21-26-25-20(31-21)14-5-9-16(10-6-14)22(2,3)4/h5-13H,1-4H3/t13-/m1/s1. The van der Waals surface area contributed by atoms with Gasteiger partial charge in [-0.1, -0.05) is 44.7 Å². The highest BCUT2D eigenvalue weighted by Gasteiger charge is 2.21. The Morgan fingerprint density at radius 2 is 1.44 bits per heavy atom. The number of non-ortho nitro benzene ring substituents is 1. The minimum atomic E-state index is -0.459. The van der Waals surface area contributed by atoms with Crippen LogP contribution in [-0.4, -0.2) is 25.3 Å². The lowest BCUT2D eigenvalue weighted by Crippen LogP contribution is -2.10. The van der Waals surface area contributed by atoms with Crippen molar-refractivity contribution in [3.63, 3.8) is 0 Å². The summed E-state index contributed by atoms with van der Waals surface area (Å²) in [7, 11) is 0. The Bertz CT molecular complexity index is 1230. The minimum Gasteiger partial charge on any atom is -0.419 e. The second-order valence-corrected chi connectivity index (χ2v) is 9.50. The first-order chi connectivity index (χ1) is 15.2. The molecule has 10 heteroatoms. The van der Waals surface area contributed by atoms with Crippen molar-refractivity contribution < 1.29 is 13.8 Å². The van der Waals surface area contributed by atoms with Crippen LogP contribution in [0.2, 0.25) is 0 Å². The van der Waals surface area contributed by atoms with E-state index in [4.69, 9.17) is 8.83 Å². The Labute approximate surface area is 188 Å². The van der Waals surface area contributed by atoms with Gasteiger partial charge in [0.05, 0.1) is 10.2 Å². The molecule has 0 N–H and O–H groups in total. The van der Waals surface area contributed by atoms with Gasteiger partial charge in [0.25, 0.3) is 10.9 Å². The zero-order chi connectivity index (χ0) is 22.9. The van der Waals surface area contributed by atoms with E-state index in [1.54, 1.807) is 12.1 Å². The van der Waals surface area contributed by atoms with Gasteiger partial charge < -0.3 is 8.83 Å². The third-order valence-corrected chi connectivity index (χ3v) is 5.72. The molecule has 0 aliphatic heterocycles. The van der Waals surface area contributed by atoms with Gasteiger partial charge in [0.15, 0.2) is 0 Å². The number of nitro groups is 1. The fraction of sp³-hybridized carbons (Fsp3) is 0.273. The molecule has 164 valence electrons. The molecular formula is C22H21N5O4S. The quantitative estimate of drug-likeness (QED) is 0.202. The highest BCUT2D eigenvalue weighted by Crippen LogP contribution is 2.36. The van der Waals surface area contributed by atoms with Crippen LogP contribution >= 0.6 is 11.8 Å². The Kier molecular flexibility index (Phi) is 5.79. The lowest BCUT2D eigenvalue weighted by Gasteiger charge is -2.18. The normalized spacial score (nSPS) is 12.6. The van der Waals surface area contributed by atoms with Gasteiger partial charge in [0.1, 0.15) is 0 Å². The lowest BCUT2D eigenvalue weighted by molar-refractivity contribution is -0.384. The summed E-state index contributed by atoms with van der Waals surface area (Å²) in [6, 6.07) is 14.0. The van der Waals surface area contributed by atoms with Gasteiger partial charge in [0.2, 0.25) is 17.7 Å². The Balaban J connectivity index is 1.44. The van der Waals surface area contributed by atoms with Crippen LogP contribution in [0, 0.1) is 10.1 Å². The maximum atomic E-state index is 10.8. The Morgan fingerprint density at radius 1 is 0.875 bits per heavy atom. The number of nitro benzene ring substituents is 1. The second kappa shape index (κ2) is 8.54. The molecule has 0 bridgehead atoms. The third kappa shape index (κ3) is 4.70. The minimum absolute atomic E-state index is 0.00217. The van der Waals surface area contributed by atoms with E-state index < -0.39 is 4.92 Å². The topological polar surface area (TPSA) is 121 Å². The van der Waals surface area contributed by atoms with E-state index in [1.165, 1.54) is 29.5 Å². The number of nitrogens with zero attached hydrogens (tertiary/aromatic N) is 5. The van der Waals surface area contributed by atoms with E-state index in [0.29, 0.717) is 22.6 Å². The molecule has 0 radical (unpaired) electrons. The fourth-order valence-corrected chi connectivity index (χ4v) is 3.64. The van der Waals surface area contributed by atoms with E-state index in [-0.39, 0.29) is 22.2 Å². The summed E-state index contributed by atoms with van der Waals surface area (Å²) < 4.78 is 11.5. The van der Waals surface area contributed by atoms with Crippen LogP contribution in [0.25, 0.3) is 22.9 Å². The van der Waals surface area contributed by atoms with Gasteiger partial charge in [-0.25, -0.2) is 0 Å². The molecule has 2 heterocycles. The molecule has 2 aromatic heterocycles. The zero-order valence-electron chi connectivity index (χ0n) is 18.0. The average molecular weight is 452 g/mol. The van der Waals surface area contributed by atoms with Crippen molar-refractivity contribution in [2.24, 2.45) is 0 Å². The second-order valence-electron chi connectivity index (χ2n) is 8.21. The number of hydrogen-bond acceptors (Lipinski definition) is 9. The van der Waals surface area contributed by atoms with Crippen molar-refractivity contribution in [1.29, 1.82) is 0 Å². The zero-order valence-corrected chi connectivity index (χ0v) is 18.8. The summed E-state index contributed by atoms with van der Waals surface area (Å²) >= 11 is 1.31. The summed E-state index contributed by atoms with van der Waals surface area (Å²) in [5.41, 5.74) is 2.75. The molecule has 1 atom stereocenters. The van der Waals surface area contributed by atoms with Crippen molar-refractivity contribution in [1.82, 2.24) is 20.4 Å². The molecule has 9 nitrogen and oxygen atoms in total. The molecule has 0 saturated carbocycles. The molecule has 0 fully saturated rings. The Hall–Kier alpha value is -3.53. The number of thioether (sulfide) groups is 1. The van der Waals surface area contributed by atoms with E-state index in [9.17, 15) is 10.1 Å². The molecular weight excluding hydrogens is 430 g/mol. The highest BCUT2D eigenvalue weighted by molar-refractivity contribution is 7.99. The number of benzene rings is 2. The molecule has 4 rings (SSSR count). The van der Waals surface area contributed by atoms with E-state index in [2.05, 4.69) is 53.3 Å². The molecule has 32 heavy (non-hydrogen) atoms. The molecule has 0 unspecified atom stereocenters. The lowest BCUT2D eigenvalue weighted by atomic mass is 9.87. The van der Waals surface area contributed by atoms with Crippen molar-refractivity contribution in [2.45, 2.75) is 43.6 Å². The largest absolute Gasteiger partial charge is 0.419 e. The molecule has 2 aromatic carbocycles. The SMILES string of the molecule is C[C@@H](Sc1nnc(-c2ccc(C(C)(C)C)cc2)o1)c1nnc(-c2ccc([N+](=O)[O-])cc2)o1. The van der Waals surface area contributed by atoms with Gasteiger partial charge in [-0.15, -0.1) is 20.4 Å². The molecule has 0 aliphatic rings. The van der Waals surface area contributed by atoms with Crippen LogP contribution in [0.15, 0.2) is 62.6 Å². The van der Waals surface area contributed by atoms with Crippen LogP contribution in [0.4, 0.5) is 5.69 Å². The van der Waals surface area contributed by atoms with Crippen LogP contribution in [0.5, 0.6) is 0 Å². The fourth-order valence-electron chi connectivity index (χ4n) is 2.93. The molecule has 0 aliphatic carbocycles. The smallest absolute Gasteiger partial charge is 0.277 e. The van der Waals surface area contributed by atoms with Gasteiger partial charge in [-0.3, -0.25) is 10.1 Å². The van der Waals surface area contributed by atoms with Crippen LogP contribution in [0.1, 0.15) is 44.4 Å². The number of rotatable bonds is 6. The highest BCUT2D eigenvalue weighted by atomic mass is 32.2. The average Bonchev–Trinajstić information content (AvgIpc) is 3.43. The van der Waals surface area contributed by atoms with Crippen molar-refractivity contribution in [2.75, 3.05) is 0 Å². The predicted molar refractivity (Wildman–Crippen MR) is 119 cm³/mol. The van der Waals surface area contributed by atoms with E-state index in [0.717, 1.165) is 5.56 Å². The summed E-state index contributed by atoms with van der Waals surface area (Å²) in [6.07, 6.45) is 0. The third-order valence-electron chi connectivity index (χ3n) is 4.80. The van der Waals surface area contributed by atoms with Crippen LogP contribution in [-0.2, 0) is 5.41 Å². The summed E-state index contributed by atoms with van der Waals surface area (Å²) in [5, 5.41) is 27.3. The van der Waals surface area contributed by atoms with E-state index in [1.807, 2.05) is 19.1 Å².